The Morgan fingerprint density at radius 2 is 1.91 bits per heavy atom. The number of aryl methyl sites for hydroxylation is 1. The van der Waals surface area contributed by atoms with Crippen molar-refractivity contribution in [2.45, 2.75) is 40.2 Å². The predicted molar refractivity (Wildman–Crippen MR) is 90.7 cm³/mol. The number of benzene rings is 1. The van der Waals surface area contributed by atoms with Gasteiger partial charge in [-0.1, -0.05) is 0 Å². The number of ether oxygens (including phenoxy) is 1. The third-order valence-electron chi connectivity index (χ3n) is 4.67. The molecular formula is C18H30N2O2. The van der Waals surface area contributed by atoms with Crippen LogP contribution in [0.1, 0.15) is 41.7 Å². The monoisotopic (exact) mass is 306 g/mol. The minimum Gasteiger partial charge on any atom is -0.494 e. The average molecular weight is 306 g/mol. The van der Waals surface area contributed by atoms with Crippen LogP contribution >= 0.6 is 0 Å². The molecule has 0 spiro atoms. The zero-order chi connectivity index (χ0) is 16.1. The first-order valence-electron chi connectivity index (χ1n) is 8.39. The molecule has 1 aliphatic rings. The van der Waals surface area contributed by atoms with Gasteiger partial charge in [-0.25, -0.2) is 0 Å². The van der Waals surface area contributed by atoms with E-state index in [1.165, 1.54) is 0 Å². The van der Waals surface area contributed by atoms with Gasteiger partial charge in [-0.2, -0.15) is 0 Å². The third-order valence-corrected chi connectivity index (χ3v) is 4.67. The summed E-state index contributed by atoms with van der Waals surface area (Å²) in [4.78, 5) is 2.42. The van der Waals surface area contributed by atoms with Crippen LogP contribution in [0.25, 0.3) is 0 Å². The summed E-state index contributed by atoms with van der Waals surface area (Å²) in [6.07, 6.45) is 0.388. The Bertz CT molecular complexity index is 496. The highest BCUT2D eigenvalue weighted by Gasteiger charge is 2.19. The van der Waals surface area contributed by atoms with Crippen LogP contribution in [0.2, 0.25) is 0 Å². The first kappa shape index (κ1) is 17.3. The molecule has 1 aromatic carbocycles. The molecule has 1 unspecified atom stereocenters. The summed E-state index contributed by atoms with van der Waals surface area (Å²) in [7, 11) is 0. The topological polar surface area (TPSA) is 44.7 Å². The van der Waals surface area contributed by atoms with Crippen molar-refractivity contribution >= 4 is 0 Å². The van der Waals surface area contributed by atoms with Crippen LogP contribution in [-0.2, 0) is 0 Å². The standard InChI is InChI=1S/C18H30N2O2/c1-5-22-17-12-13(2)18(15(4)14(17)3)16(21)6-9-20-10-7-19-8-11-20/h12,16,19,21H,5-11H2,1-4H3. The summed E-state index contributed by atoms with van der Waals surface area (Å²) < 4.78 is 5.69. The molecule has 0 aromatic heterocycles. The molecule has 22 heavy (non-hydrogen) atoms. The molecule has 1 atom stereocenters. The molecule has 1 saturated heterocycles. The van der Waals surface area contributed by atoms with Crippen LogP contribution in [0.3, 0.4) is 0 Å². The fraction of sp³-hybridized carbons (Fsp3) is 0.667. The number of aliphatic hydroxyl groups is 1. The Kier molecular flexibility index (Phi) is 6.24. The number of rotatable bonds is 6. The molecule has 1 heterocycles. The van der Waals surface area contributed by atoms with E-state index in [-0.39, 0.29) is 0 Å². The molecule has 124 valence electrons. The Labute approximate surface area is 134 Å². The molecule has 2 rings (SSSR count). The van der Waals surface area contributed by atoms with Crippen molar-refractivity contribution in [3.8, 4) is 5.75 Å². The maximum atomic E-state index is 10.7. The lowest BCUT2D eigenvalue weighted by atomic mass is 9.92. The molecule has 4 heteroatoms. The van der Waals surface area contributed by atoms with Crippen LogP contribution < -0.4 is 10.1 Å². The van der Waals surface area contributed by atoms with Crippen LogP contribution in [0, 0.1) is 20.8 Å². The Balaban J connectivity index is 2.08. The van der Waals surface area contributed by atoms with E-state index < -0.39 is 6.10 Å². The highest BCUT2D eigenvalue weighted by molar-refractivity contribution is 5.49. The van der Waals surface area contributed by atoms with Crippen molar-refractivity contribution in [1.29, 1.82) is 0 Å². The van der Waals surface area contributed by atoms with E-state index in [0.29, 0.717) is 6.61 Å². The second-order valence-corrected chi connectivity index (χ2v) is 6.18. The minimum absolute atomic E-state index is 0.399. The number of hydrogen-bond acceptors (Lipinski definition) is 4. The molecule has 0 amide bonds. The molecular weight excluding hydrogens is 276 g/mol. The first-order chi connectivity index (χ1) is 10.5. The number of piperazine rings is 1. The van der Waals surface area contributed by atoms with Gasteiger partial charge in [-0.05, 0) is 62.4 Å². The normalized spacial score (nSPS) is 17.5. The van der Waals surface area contributed by atoms with Gasteiger partial charge in [0.1, 0.15) is 5.75 Å². The Morgan fingerprint density at radius 3 is 2.55 bits per heavy atom. The Morgan fingerprint density at radius 1 is 1.23 bits per heavy atom. The summed E-state index contributed by atoms with van der Waals surface area (Å²) in [6.45, 7) is 14.1. The van der Waals surface area contributed by atoms with Crippen LogP contribution in [-0.4, -0.2) is 49.3 Å². The zero-order valence-corrected chi connectivity index (χ0v) is 14.4. The molecule has 0 bridgehead atoms. The molecule has 1 aromatic rings. The average Bonchev–Trinajstić information content (AvgIpc) is 2.51. The predicted octanol–water partition coefficient (Wildman–Crippen LogP) is 2.34. The molecule has 2 N–H and O–H groups in total. The van der Waals surface area contributed by atoms with Gasteiger partial charge in [0.15, 0.2) is 0 Å². The smallest absolute Gasteiger partial charge is 0.122 e. The van der Waals surface area contributed by atoms with Crippen LogP contribution in [0.15, 0.2) is 6.07 Å². The number of nitrogens with one attached hydrogen (secondary N) is 1. The highest BCUT2D eigenvalue weighted by atomic mass is 16.5. The van der Waals surface area contributed by atoms with Gasteiger partial charge in [0.25, 0.3) is 0 Å². The molecule has 0 radical (unpaired) electrons. The second kappa shape index (κ2) is 7.95. The molecule has 4 nitrogen and oxygen atoms in total. The first-order valence-corrected chi connectivity index (χ1v) is 8.39. The lowest BCUT2D eigenvalue weighted by Crippen LogP contribution is -2.44. The van der Waals surface area contributed by atoms with E-state index in [0.717, 1.165) is 67.1 Å². The van der Waals surface area contributed by atoms with Crippen LogP contribution in [0.4, 0.5) is 0 Å². The molecule has 0 aliphatic carbocycles. The Hall–Kier alpha value is -1.10. The fourth-order valence-electron chi connectivity index (χ4n) is 3.27. The van der Waals surface area contributed by atoms with E-state index in [1.54, 1.807) is 0 Å². The SMILES string of the molecule is CCOc1cc(C)c(C(O)CCN2CCNCC2)c(C)c1C. The number of nitrogens with zero attached hydrogens (tertiary/aromatic N) is 1. The largest absolute Gasteiger partial charge is 0.494 e. The van der Waals surface area contributed by atoms with Crippen molar-refractivity contribution in [2.24, 2.45) is 0 Å². The highest BCUT2D eigenvalue weighted by Crippen LogP contribution is 2.32. The van der Waals surface area contributed by atoms with E-state index in [1.807, 2.05) is 6.92 Å². The number of aliphatic hydroxyl groups excluding tert-OH is 1. The molecule has 1 fully saturated rings. The van der Waals surface area contributed by atoms with Crippen molar-refractivity contribution < 1.29 is 9.84 Å². The lowest BCUT2D eigenvalue weighted by molar-refractivity contribution is 0.135. The van der Waals surface area contributed by atoms with Crippen molar-refractivity contribution in [3.05, 3.63) is 28.3 Å². The van der Waals surface area contributed by atoms with Crippen molar-refractivity contribution in [1.82, 2.24) is 10.2 Å². The van der Waals surface area contributed by atoms with E-state index in [9.17, 15) is 5.11 Å². The van der Waals surface area contributed by atoms with Gasteiger partial charge in [0.2, 0.25) is 0 Å². The van der Waals surface area contributed by atoms with Crippen LogP contribution in [0.5, 0.6) is 5.75 Å². The fourth-order valence-corrected chi connectivity index (χ4v) is 3.27. The van der Waals surface area contributed by atoms with Gasteiger partial charge in [-0.3, -0.25) is 0 Å². The van der Waals surface area contributed by atoms with Gasteiger partial charge in [-0.15, -0.1) is 0 Å². The maximum Gasteiger partial charge on any atom is 0.122 e. The molecule has 0 saturated carbocycles. The van der Waals surface area contributed by atoms with Gasteiger partial charge in [0, 0.05) is 32.7 Å². The summed E-state index contributed by atoms with van der Waals surface area (Å²) in [5, 5.41) is 14.0. The van der Waals surface area contributed by atoms with Crippen molar-refractivity contribution in [3.63, 3.8) is 0 Å². The van der Waals surface area contributed by atoms with Crippen molar-refractivity contribution in [2.75, 3.05) is 39.3 Å². The summed E-state index contributed by atoms with van der Waals surface area (Å²) in [5.41, 5.74) is 4.51. The quantitative estimate of drug-likeness (QED) is 0.847. The van der Waals surface area contributed by atoms with E-state index in [4.69, 9.17) is 4.74 Å². The van der Waals surface area contributed by atoms with E-state index >= 15 is 0 Å². The second-order valence-electron chi connectivity index (χ2n) is 6.18. The zero-order valence-electron chi connectivity index (χ0n) is 14.4. The maximum absolute atomic E-state index is 10.7. The minimum atomic E-state index is -0.399. The summed E-state index contributed by atoms with van der Waals surface area (Å²) in [6, 6.07) is 2.06. The van der Waals surface area contributed by atoms with Gasteiger partial charge < -0.3 is 20.1 Å². The third kappa shape index (κ3) is 4.00. The molecule has 1 aliphatic heterocycles. The number of hydrogen-bond donors (Lipinski definition) is 2. The van der Waals surface area contributed by atoms with Gasteiger partial charge in [0.05, 0.1) is 12.7 Å². The van der Waals surface area contributed by atoms with E-state index in [2.05, 4.69) is 37.1 Å². The lowest BCUT2D eigenvalue weighted by Gasteiger charge is -2.28. The summed E-state index contributed by atoms with van der Waals surface area (Å²) in [5.74, 6) is 0.940. The summed E-state index contributed by atoms with van der Waals surface area (Å²) >= 11 is 0. The van der Waals surface area contributed by atoms with Gasteiger partial charge >= 0.3 is 0 Å².